The van der Waals surface area contributed by atoms with Gasteiger partial charge in [0.15, 0.2) is 11.5 Å². The molecule has 3 aromatic rings. The number of benzene rings is 1. The highest BCUT2D eigenvalue weighted by Crippen LogP contribution is 2.31. The first-order valence-corrected chi connectivity index (χ1v) is 5.96. The zero-order valence-corrected chi connectivity index (χ0v) is 10.8. The largest absolute Gasteiger partial charge is 0.397 e. The van der Waals surface area contributed by atoms with E-state index in [2.05, 4.69) is 35.9 Å². The Bertz CT molecular complexity index is 735. The summed E-state index contributed by atoms with van der Waals surface area (Å²) in [5.74, 6) is 0.989. The molecule has 0 saturated heterocycles. The molecule has 3 rings (SSSR count). The van der Waals surface area contributed by atoms with Gasteiger partial charge < -0.3 is 16.5 Å². The van der Waals surface area contributed by atoms with Gasteiger partial charge in [-0.2, -0.15) is 0 Å². The summed E-state index contributed by atoms with van der Waals surface area (Å²) in [7, 11) is 0. The Hall–Kier alpha value is -2.15. The second kappa shape index (κ2) is 3.95. The van der Waals surface area contributed by atoms with Gasteiger partial charge in [0.2, 0.25) is 0 Å². The molecule has 0 atom stereocenters. The number of nitrogens with one attached hydrogen (secondary N) is 1. The molecule has 7 heteroatoms. The number of rotatable bonds is 1. The number of anilines is 2. The first-order valence-electron chi connectivity index (χ1n) is 5.17. The van der Waals surface area contributed by atoms with E-state index in [1.54, 1.807) is 0 Å². The fraction of sp³-hybridized carbons (Fsp3) is 0. The summed E-state index contributed by atoms with van der Waals surface area (Å²) in [6, 6.07) is 5.63. The zero-order valence-electron chi connectivity index (χ0n) is 9.18. The summed E-state index contributed by atoms with van der Waals surface area (Å²) in [5.41, 5.74) is 14.3. The number of H-pyrrole nitrogens is 1. The summed E-state index contributed by atoms with van der Waals surface area (Å²) in [4.78, 5) is 15.4. The highest BCUT2D eigenvalue weighted by Gasteiger charge is 2.12. The molecular weight excluding hydrogens is 296 g/mol. The van der Waals surface area contributed by atoms with Gasteiger partial charge in [-0.15, -0.1) is 0 Å². The first-order chi connectivity index (χ1) is 8.66. The summed E-state index contributed by atoms with van der Waals surface area (Å²) >= 11 is 3.38. The Balaban J connectivity index is 2.26. The van der Waals surface area contributed by atoms with Crippen molar-refractivity contribution in [3.63, 3.8) is 0 Å². The molecule has 0 aliphatic heterocycles. The Morgan fingerprint density at radius 1 is 1.17 bits per heavy atom. The van der Waals surface area contributed by atoms with Gasteiger partial charge >= 0.3 is 0 Å². The van der Waals surface area contributed by atoms with Crippen LogP contribution in [-0.4, -0.2) is 19.9 Å². The van der Waals surface area contributed by atoms with E-state index >= 15 is 0 Å². The van der Waals surface area contributed by atoms with Crippen LogP contribution < -0.4 is 11.5 Å². The molecule has 0 amide bonds. The second-order valence-electron chi connectivity index (χ2n) is 3.74. The van der Waals surface area contributed by atoms with Gasteiger partial charge in [-0.3, -0.25) is 0 Å². The van der Waals surface area contributed by atoms with E-state index in [1.807, 2.05) is 18.2 Å². The third kappa shape index (κ3) is 1.60. The number of hydrogen-bond donors (Lipinski definition) is 3. The van der Waals surface area contributed by atoms with Gasteiger partial charge in [-0.25, -0.2) is 15.0 Å². The molecule has 2 heterocycles. The second-order valence-corrected chi connectivity index (χ2v) is 4.60. The average molecular weight is 305 g/mol. The standard InChI is InChI=1S/C11H9BrN6/c12-6-3-1-2-5(7(6)13)10-17-8-9(14)15-4-16-11(8)18-10/h1-4H,13H2,(H3,14,15,16,17,18). The SMILES string of the molecule is Nc1c(Br)cccc1-c1nc2ncnc(N)c2[nH]1. The third-order valence-corrected chi connectivity index (χ3v) is 3.32. The molecule has 0 spiro atoms. The quantitative estimate of drug-likeness (QED) is 0.596. The number of nitrogens with zero attached hydrogens (tertiary/aromatic N) is 3. The van der Waals surface area contributed by atoms with Crippen LogP contribution in [0.3, 0.4) is 0 Å². The first kappa shape index (κ1) is 11.0. The summed E-state index contributed by atoms with van der Waals surface area (Å²) in [5, 5.41) is 0. The van der Waals surface area contributed by atoms with Crippen molar-refractivity contribution < 1.29 is 0 Å². The van der Waals surface area contributed by atoms with E-state index < -0.39 is 0 Å². The minimum absolute atomic E-state index is 0.368. The molecule has 18 heavy (non-hydrogen) atoms. The Morgan fingerprint density at radius 3 is 2.78 bits per heavy atom. The molecule has 0 saturated carbocycles. The number of aromatic amines is 1. The topological polar surface area (TPSA) is 106 Å². The minimum Gasteiger partial charge on any atom is -0.397 e. The van der Waals surface area contributed by atoms with E-state index in [1.165, 1.54) is 6.33 Å². The highest BCUT2D eigenvalue weighted by molar-refractivity contribution is 9.10. The number of fused-ring (bicyclic) bond motifs is 1. The van der Waals surface area contributed by atoms with E-state index in [-0.39, 0.29) is 0 Å². The van der Waals surface area contributed by atoms with Crippen molar-refractivity contribution in [1.82, 2.24) is 19.9 Å². The number of aromatic nitrogens is 4. The normalized spacial score (nSPS) is 10.9. The summed E-state index contributed by atoms with van der Waals surface area (Å²) in [6.07, 6.45) is 1.38. The van der Waals surface area contributed by atoms with Gasteiger partial charge in [-0.05, 0) is 28.1 Å². The molecule has 5 N–H and O–H groups in total. The Morgan fingerprint density at radius 2 is 2.00 bits per heavy atom. The van der Waals surface area contributed by atoms with Crippen LogP contribution >= 0.6 is 15.9 Å². The maximum atomic E-state index is 6.00. The Labute approximate surface area is 111 Å². The monoisotopic (exact) mass is 304 g/mol. The van der Waals surface area contributed by atoms with E-state index in [0.29, 0.717) is 28.5 Å². The Kier molecular flexibility index (Phi) is 2.41. The molecule has 0 bridgehead atoms. The number of para-hydroxylation sites is 1. The van der Waals surface area contributed by atoms with Crippen LogP contribution in [-0.2, 0) is 0 Å². The number of nitrogens with two attached hydrogens (primary N) is 2. The van der Waals surface area contributed by atoms with Crippen LogP contribution in [0.4, 0.5) is 11.5 Å². The van der Waals surface area contributed by atoms with Crippen molar-refractivity contribution in [3.05, 3.63) is 29.0 Å². The highest BCUT2D eigenvalue weighted by atomic mass is 79.9. The lowest BCUT2D eigenvalue weighted by Gasteiger charge is -2.03. The van der Waals surface area contributed by atoms with E-state index in [4.69, 9.17) is 11.5 Å². The van der Waals surface area contributed by atoms with Crippen molar-refractivity contribution >= 4 is 38.6 Å². The molecule has 90 valence electrons. The van der Waals surface area contributed by atoms with Gasteiger partial charge in [-0.1, -0.05) is 6.07 Å². The lowest BCUT2D eigenvalue weighted by atomic mass is 10.2. The van der Waals surface area contributed by atoms with Gasteiger partial charge in [0, 0.05) is 10.0 Å². The summed E-state index contributed by atoms with van der Waals surface area (Å²) < 4.78 is 0.819. The molecular formula is C11H9BrN6. The van der Waals surface area contributed by atoms with Crippen molar-refractivity contribution in [2.45, 2.75) is 0 Å². The van der Waals surface area contributed by atoms with Crippen LogP contribution in [0.1, 0.15) is 0 Å². The molecule has 1 aromatic carbocycles. The van der Waals surface area contributed by atoms with Crippen molar-refractivity contribution in [3.8, 4) is 11.4 Å². The van der Waals surface area contributed by atoms with Crippen LogP contribution in [0.15, 0.2) is 29.0 Å². The number of halogens is 1. The van der Waals surface area contributed by atoms with Gasteiger partial charge in [0.05, 0.1) is 5.69 Å². The van der Waals surface area contributed by atoms with Crippen LogP contribution in [0.5, 0.6) is 0 Å². The van der Waals surface area contributed by atoms with Crippen molar-refractivity contribution in [2.24, 2.45) is 0 Å². The predicted molar refractivity (Wildman–Crippen MR) is 73.6 cm³/mol. The molecule has 0 radical (unpaired) electrons. The lowest BCUT2D eigenvalue weighted by molar-refractivity contribution is 1.21. The van der Waals surface area contributed by atoms with Gasteiger partial charge in [0.25, 0.3) is 0 Å². The predicted octanol–water partition coefficient (Wildman–Crippen LogP) is 1.95. The smallest absolute Gasteiger partial charge is 0.183 e. The number of hydrogen-bond acceptors (Lipinski definition) is 5. The summed E-state index contributed by atoms with van der Waals surface area (Å²) in [6.45, 7) is 0. The average Bonchev–Trinajstić information content (AvgIpc) is 2.78. The number of nitrogen functional groups attached to an aromatic ring is 2. The molecule has 0 aliphatic carbocycles. The maximum absolute atomic E-state index is 6.00. The molecule has 0 aliphatic rings. The van der Waals surface area contributed by atoms with Gasteiger partial charge in [0.1, 0.15) is 17.7 Å². The molecule has 0 fully saturated rings. The minimum atomic E-state index is 0.368. The maximum Gasteiger partial charge on any atom is 0.183 e. The third-order valence-electron chi connectivity index (χ3n) is 2.63. The van der Waals surface area contributed by atoms with E-state index in [9.17, 15) is 0 Å². The van der Waals surface area contributed by atoms with E-state index in [0.717, 1.165) is 10.0 Å². The molecule has 2 aromatic heterocycles. The van der Waals surface area contributed by atoms with Crippen LogP contribution in [0.25, 0.3) is 22.6 Å². The zero-order chi connectivity index (χ0) is 12.7. The molecule has 6 nitrogen and oxygen atoms in total. The van der Waals surface area contributed by atoms with Crippen LogP contribution in [0.2, 0.25) is 0 Å². The van der Waals surface area contributed by atoms with Crippen molar-refractivity contribution in [2.75, 3.05) is 11.5 Å². The van der Waals surface area contributed by atoms with Crippen LogP contribution in [0, 0.1) is 0 Å². The number of imidazole rings is 1. The molecule has 0 unspecified atom stereocenters. The lowest BCUT2D eigenvalue weighted by Crippen LogP contribution is -1.92. The van der Waals surface area contributed by atoms with Crippen molar-refractivity contribution in [1.29, 1.82) is 0 Å². The fourth-order valence-corrected chi connectivity index (χ4v) is 2.08. The fourth-order valence-electron chi connectivity index (χ4n) is 1.72.